The Morgan fingerprint density at radius 3 is 2.56 bits per heavy atom. The lowest BCUT2D eigenvalue weighted by atomic mass is 9.87. The predicted octanol–water partition coefficient (Wildman–Crippen LogP) is 3.21. The highest BCUT2D eigenvalue weighted by atomic mass is 16.3. The van der Waals surface area contributed by atoms with Crippen molar-refractivity contribution in [1.82, 2.24) is 4.98 Å². The number of fused-ring (bicyclic) bond motifs is 1. The van der Waals surface area contributed by atoms with Gasteiger partial charge in [-0.25, -0.2) is 0 Å². The van der Waals surface area contributed by atoms with Gasteiger partial charge >= 0.3 is 0 Å². The summed E-state index contributed by atoms with van der Waals surface area (Å²) in [5.41, 5.74) is 3.61. The Morgan fingerprint density at radius 1 is 1.25 bits per heavy atom. The maximum atomic E-state index is 9.54. The largest absolute Gasteiger partial charge is 0.396 e. The van der Waals surface area contributed by atoms with Crippen molar-refractivity contribution in [3.63, 3.8) is 0 Å². The Labute approximate surface area is 96.3 Å². The fourth-order valence-corrected chi connectivity index (χ4v) is 2.41. The van der Waals surface area contributed by atoms with Gasteiger partial charge in [-0.05, 0) is 24.5 Å². The summed E-state index contributed by atoms with van der Waals surface area (Å²) in [6.07, 6.45) is 0. The van der Waals surface area contributed by atoms with Crippen LogP contribution in [0.1, 0.15) is 31.0 Å². The Hall–Kier alpha value is -1.28. The van der Waals surface area contributed by atoms with E-state index in [1.54, 1.807) is 0 Å². The Bertz CT molecular complexity index is 484. The maximum absolute atomic E-state index is 9.54. The van der Waals surface area contributed by atoms with Gasteiger partial charge in [-0.15, -0.1) is 0 Å². The molecule has 1 aromatic carbocycles. The third-order valence-electron chi connectivity index (χ3n) is 3.32. The number of nitrogens with one attached hydrogen (secondary N) is 1. The molecule has 1 atom stereocenters. The van der Waals surface area contributed by atoms with Gasteiger partial charge in [0.2, 0.25) is 0 Å². The highest BCUT2D eigenvalue weighted by molar-refractivity contribution is 5.85. The summed E-state index contributed by atoms with van der Waals surface area (Å²) in [6.45, 7) is 6.60. The molecule has 16 heavy (non-hydrogen) atoms. The van der Waals surface area contributed by atoms with Crippen molar-refractivity contribution in [2.45, 2.75) is 26.7 Å². The molecular weight excluding hydrogens is 198 g/mol. The van der Waals surface area contributed by atoms with Gasteiger partial charge in [0.05, 0.1) is 6.61 Å². The van der Waals surface area contributed by atoms with Crippen molar-refractivity contribution in [1.29, 1.82) is 0 Å². The molecule has 0 saturated heterocycles. The monoisotopic (exact) mass is 217 g/mol. The first kappa shape index (κ1) is 11.2. The second-order valence-electron chi connectivity index (χ2n) is 4.74. The molecule has 2 heteroatoms. The molecule has 0 aliphatic rings. The summed E-state index contributed by atoms with van der Waals surface area (Å²) in [7, 11) is 0. The number of hydrogen-bond acceptors (Lipinski definition) is 1. The average molecular weight is 217 g/mol. The third kappa shape index (κ3) is 1.74. The van der Waals surface area contributed by atoms with Crippen molar-refractivity contribution in [2.75, 3.05) is 6.61 Å². The van der Waals surface area contributed by atoms with Crippen molar-refractivity contribution >= 4 is 10.9 Å². The van der Waals surface area contributed by atoms with Gasteiger partial charge in [0.25, 0.3) is 0 Å². The summed E-state index contributed by atoms with van der Waals surface area (Å²) in [5, 5.41) is 10.8. The van der Waals surface area contributed by atoms with Crippen LogP contribution >= 0.6 is 0 Å². The van der Waals surface area contributed by atoms with Gasteiger partial charge in [-0.3, -0.25) is 0 Å². The van der Waals surface area contributed by atoms with Gasteiger partial charge in [0.15, 0.2) is 0 Å². The molecule has 0 radical (unpaired) electrons. The van der Waals surface area contributed by atoms with E-state index in [1.807, 2.05) is 12.1 Å². The number of para-hydroxylation sites is 1. The van der Waals surface area contributed by atoms with Crippen LogP contribution in [0.15, 0.2) is 24.3 Å². The van der Waals surface area contributed by atoms with Crippen molar-refractivity contribution in [2.24, 2.45) is 5.92 Å². The van der Waals surface area contributed by atoms with Gasteiger partial charge in [0.1, 0.15) is 0 Å². The van der Waals surface area contributed by atoms with E-state index in [0.717, 1.165) is 5.52 Å². The van der Waals surface area contributed by atoms with Gasteiger partial charge in [-0.2, -0.15) is 0 Å². The molecule has 0 fully saturated rings. The van der Waals surface area contributed by atoms with E-state index in [1.165, 1.54) is 16.6 Å². The fourth-order valence-electron chi connectivity index (χ4n) is 2.41. The van der Waals surface area contributed by atoms with Crippen LogP contribution in [0.2, 0.25) is 0 Å². The van der Waals surface area contributed by atoms with Crippen LogP contribution in [0.3, 0.4) is 0 Å². The molecule has 2 rings (SSSR count). The predicted molar refractivity (Wildman–Crippen MR) is 67.7 cm³/mol. The van der Waals surface area contributed by atoms with E-state index < -0.39 is 0 Å². The van der Waals surface area contributed by atoms with E-state index >= 15 is 0 Å². The highest BCUT2D eigenvalue weighted by Gasteiger charge is 2.20. The number of aryl methyl sites for hydroxylation is 1. The summed E-state index contributed by atoms with van der Waals surface area (Å²) in [4.78, 5) is 3.39. The van der Waals surface area contributed by atoms with E-state index in [-0.39, 0.29) is 12.5 Å². The minimum atomic E-state index is 0.209. The van der Waals surface area contributed by atoms with E-state index in [4.69, 9.17) is 0 Å². The molecule has 0 aliphatic carbocycles. The normalized spacial score (nSPS) is 13.6. The standard InChI is InChI=1S/C14H19NO/c1-9(2)12(8-16)14-10(3)15-13-7-5-4-6-11(13)14/h4-7,9,12,15-16H,8H2,1-3H3. The Morgan fingerprint density at radius 2 is 1.94 bits per heavy atom. The number of aliphatic hydroxyl groups is 1. The van der Waals surface area contributed by atoms with Crippen LogP contribution in [0.4, 0.5) is 0 Å². The lowest BCUT2D eigenvalue weighted by Gasteiger charge is -2.19. The zero-order chi connectivity index (χ0) is 11.7. The van der Waals surface area contributed by atoms with Crippen LogP contribution in [-0.2, 0) is 0 Å². The number of aliphatic hydroxyl groups excluding tert-OH is 1. The fraction of sp³-hybridized carbons (Fsp3) is 0.429. The quantitative estimate of drug-likeness (QED) is 0.813. The first-order chi connectivity index (χ1) is 7.65. The van der Waals surface area contributed by atoms with E-state index in [9.17, 15) is 5.11 Å². The third-order valence-corrected chi connectivity index (χ3v) is 3.32. The number of hydrogen-bond donors (Lipinski definition) is 2. The molecule has 0 amide bonds. The van der Waals surface area contributed by atoms with Gasteiger partial charge in [-0.1, -0.05) is 32.0 Å². The zero-order valence-electron chi connectivity index (χ0n) is 10.1. The Balaban J connectivity index is 2.62. The lowest BCUT2D eigenvalue weighted by molar-refractivity contribution is 0.238. The van der Waals surface area contributed by atoms with Crippen molar-refractivity contribution < 1.29 is 5.11 Å². The van der Waals surface area contributed by atoms with E-state index in [0.29, 0.717) is 5.92 Å². The molecule has 1 heterocycles. The van der Waals surface area contributed by atoms with E-state index in [2.05, 4.69) is 37.9 Å². The minimum absolute atomic E-state index is 0.209. The first-order valence-electron chi connectivity index (χ1n) is 5.83. The second-order valence-corrected chi connectivity index (χ2v) is 4.74. The van der Waals surface area contributed by atoms with Gasteiger partial charge < -0.3 is 10.1 Å². The minimum Gasteiger partial charge on any atom is -0.396 e. The lowest BCUT2D eigenvalue weighted by Crippen LogP contribution is -2.11. The van der Waals surface area contributed by atoms with Crippen molar-refractivity contribution in [3.8, 4) is 0 Å². The number of aromatic nitrogens is 1. The molecule has 86 valence electrons. The van der Waals surface area contributed by atoms with Gasteiger partial charge in [0, 0.05) is 22.5 Å². The van der Waals surface area contributed by atoms with Crippen LogP contribution in [0, 0.1) is 12.8 Å². The Kier molecular flexibility index (Phi) is 3.01. The molecule has 0 spiro atoms. The summed E-state index contributed by atoms with van der Waals surface area (Å²) >= 11 is 0. The highest BCUT2D eigenvalue weighted by Crippen LogP contribution is 2.33. The first-order valence-corrected chi connectivity index (χ1v) is 5.83. The SMILES string of the molecule is Cc1[nH]c2ccccc2c1C(CO)C(C)C. The molecule has 0 saturated carbocycles. The summed E-state index contributed by atoms with van der Waals surface area (Å²) in [5.74, 6) is 0.666. The maximum Gasteiger partial charge on any atom is 0.0503 e. The number of H-pyrrole nitrogens is 1. The summed E-state index contributed by atoms with van der Waals surface area (Å²) in [6, 6.07) is 8.29. The molecule has 2 N–H and O–H groups in total. The zero-order valence-corrected chi connectivity index (χ0v) is 10.1. The topological polar surface area (TPSA) is 36.0 Å². The molecule has 2 nitrogen and oxygen atoms in total. The van der Waals surface area contributed by atoms with Crippen LogP contribution in [-0.4, -0.2) is 16.7 Å². The number of aromatic amines is 1. The molecule has 2 aromatic rings. The molecule has 0 aliphatic heterocycles. The molecular formula is C14H19NO. The second kappa shape index (κ2) is 4.30. The summed E-state index contributed by atoms with van der Waals surface area (Å²) < 4.78 is 0. The van der Waals surface area contributed by atoms with Crippen LogP contribution in [0.5, 0.6) is 0 Å². The smallest absolute Gasteiger partial charge is 0.0503 e. The van der Waals surface area contributed by atoms with Crippen LogP contribution < -0.4 is 0 Å². The van der Waals surface area contributed by atoms with Crippen LogP contribution in [0.25, 0.3) is 10.9 Å². The molecule has 1 aromatic heterocycles. The average Bonchev–Trinajstić information content (AvgIpc) is 2.57. The molecule has 0 bridgehead atoms. The number of benzene rings is 1. The number of rotatable bonds is 3. The molecule has 1 unspecified atom stereocenters. The van der Waals surface area contributed by atoms with Crippen molar-refractivity contribution in [3.05, 3.63) is 35.5 Å².